The van der Waals surface area contributed by atoms with Crippen molar-refractivity contribution in [2.45, 2.75) is 43.2 Å². The normalized spacial score (nSPS) is 32.6. The Kier molecular flexibility index (Phi) is 4.26. The maximum Gasteiger partial charge on any atom is 0.311 e. The van der Waals surface area contributed by atoms with Crippen LogP contribution in [0.25, 0.3) is 0 Å². The number of alkyl halides is 1. The SMILES string of the molecule is COC(=O)[C@@H]1C[C@H](Br)[C@@](C)(c2ccccc2)OC1(C)C. The number of halogens is 1. The van der Waals surface area contributed by atoms with Crippen molar-refractivity contribution in [2.24, 2.45) is 5.92 Å². The molecule has 0 spiro atoms. The number of carbonyl (C=O) groups is 1. The van der Waals surface area contributed by atoms with Crippen LogP contribution in [0.2, 0.25) is 0 Å². The number of ether oxygens (including phenoxy) is 2. The molecule has 20 heavy (non-hydrogen) atoms. The van der Waals surface area contributed by atoms with Crippen LogP contribution in [0.4, 0.5) is 0 Å². The van der Waals surface area contributed by atoms with Crippen LogP contribution in [0.1, 0.15) is 32.8 Å². The summed E-state index contributed by atoms with van der Waals surface area (Å²) >= 11 is 3.70. The molecule has 1 aromatic carbocycles. The van der Waals surface area contributed by atoms with Crippen LogP contribution in [0.5, 0.6) is 0 Å². The molecule has 1 saturated heterocycles. The zero-order valence-electron chi connectivity index (χ0n) is 12.4. The molecule has 0 bridgehead atoms. The molecular weight excluding hydrogens is 320 g/mol. The summed E-state index contributed by atoms with van der Waals surface area (Å²) in [6.07, 6.45) is 0.686. The Morgan fingerprint density at radius 2 is 1.90 bits per heavy atom. The van der Waals surface area contributed by atoms with Gasteiger partial charge in [-0.3, -0.25) is 4.79 Å². The van der Waals surface area contributed by atoms with E-state index in [4.69, 9.17) is 9.47 Å². The fourth-order valence-electron chi connectivity index (χ4n) is 2.93. The number of hydrogen-bond acceptors (Lipinski definition) is 3. The van der Waals surface area contributed by atoms with E-state index < -0.39 is 11.2 Å². The van der Waals surface area contributed by atoms with Gasteiger partial charge in [-0.05, 0) is 32.8 Å². The molecule has 0 saturated carbocycles. The third kappa shape index (κ3) is 2.63. The molecule has 0 N–H and O–H groups in total. The van der Waals surface area contributed by atoms with Crippen molar-refractivity contribution in [3.05, 3.63) is 35.9 Å². The van der Waals surface area contributed by atoms with Crippen LogP contribution >= 0.6 is 15.9 Å². The van der Waals surface area contributed by atoms with E-state index in [2.05, 4.69) is 35.0 Å². The number of hydrogen-bond donors (Lipinski definition) is 0. The fourth-order valence-corrected chi connectivity index (χ4v) is 3.66. The summed E-state index contributed by atoms with van der Waals surface area (Å²) in [7, 11) is 1.42. The molecule has 4 heteroatoms. The van der Waals surface area contributed by atoms with Crippen LogP contribution in [-0.2, 0) is 19.9 Å². The van der Waals surface area contributed by atoms with Gasteiger partial charge < -0.3 is 9.47 Å². The van der Waals surface area contributed by atoms with Crippen LogP contribution in [0, 0.1) is 5.92 Å². The van der Waals surface area contributed by atoms with E-state index in [0.29, 0.717) is 6.42 Å². The highest BCUT2D eigenvalue weighted by Gasteiger charge is 2.52. The van der Waals surface area contributed by atoms with Gasteiger partial charge in [0.1, 0.15) is 5.60 Å². The second-order valence-electron chi connectivity index (χ2n) is 5.96. The lowest BCUT2D eigenvalue weighted by Crippen LogP contribution is -2.55. The minimum Gasteiger partial charge on any atom is -0.469 e. The molecule has 1 aliphatic rings. The lowest BCUT2D eigenvalue weighted by molar-refractivity contribution is -0.205. The van der Waals surface area contributed by atoms with Gasteiger partial charge in [-0.1, -0.05) is 46.3 Å². The third-order valence-corrected chi connectivity index (χ3v) is 5.43. The second-order valence-corrected chi connectivity index (χ2v) is 7.06. The van der Waals surface area contributed by atoms with Crippen molar-refractivity contribution in [3.8, 4) is 0 Å². The Balaban J connectivity index is 2.34. The van der Waals surface area contributed by atoms with E-state index >= 15 is 0 Å². The Bertz CT molecular complexity index is 486. The van der Waals surface area contributed by atoms with Crippen molar-refractivity contribution >= 4 is 21.9 Å². The zero-order valence-corrected chi connectivity index (χ0v) is 13.9. The van der Waals surface area contributed by atoms with E-state index in [1.165, 1.54) is 7.11 Å². The summed E-state index contributed by atoms with van der Waals surface area (Å²) in [4.78, 5) is 12.0. The van der Waals surface area contributed by atoms with Gasteiger partial charge in [-0.2, -0.15) is 0 Å². The molecule has 0 unspecified atom stereocenters. The molecule has 2 rings (SSSR count). The second kappa shape index (κ2) is 5.49. The van der Waals surface area contributed by atoms with Crippen molar-refractivity contribution in [3.63, 3.8) is 0 Å². The molecular formula is C16H21BrO3. The summed E-state index contributed by atoms with van der Waals surface area (Å²) in [6.45, 7) is 5.97. The molecule has 0 aliphatic carbocycles. The van der Waals surface area contributed by atoms with Crippen molar-refractivity contribution in [1.82, 2.24) is 0 Å². The van der Waals surface area contributed by atoms with Crippen molar-refractivity contribution in [2.75, 3.05) is 7.11 Å². The molecule has 3 atom stereocenters. The number of methoxy groups -OCH3 is 1. The van der Waals surface area contributed by atoms with E-state index in [-0.39, 0.29) is 16.7 Å². The molecule has 0 amide bonds. The summed E-state index contributed by atoms with van der Waals surface area (Å²) in [5, 5.41) is 0. The Labute approximate surface area is 128 Å². The Morgan fingerprint density at radius 3 is 2.45 bits per heavy atom. The van der Waals surface area contributed by atoms with Gasteiger partial charge in [-0.25, -0.2) is 0 Å². The number of carbonyl (C=O) groups excluding carboxylic acids is 1. The first-order valence-corrected chi connectivity index (χ1v) is 7.70. The van der Waals surface area contributed by atoms with E-state index in [1.807, 2.05) is 32.0 Å². The maximum atomic E-state index is 12.0. The summed E-state index contributed by atoms with van der Waals surface area (Å²) in [5.74, 6) is -0.483. The topological polar surface area (TPSA) is 35.5 Å². The molecule has 0 radical (unpaired) electrons. The average molecular weight is 341 g/mol. The maximum absolute atomic E-state index is 12.0. The monoisotopic (exact) mass is 340 g/mol. The molecule has 1 fully saturated rings. The first kappa shape index (κ1) is 15.5. The predicted octanol–water partition coefficient (Wildman–Crippen LogP) is 3.65. The van der Waals surface area contributed by atoms with Crippen molar-refractivity contribution < 1.29 is 14.3 Å². The van der Waals surface area contributed by atoms with Gasteiger partial charge in [-0.15, -0.1) is 0 Å². The minimum atomic E-state index is -0.568. The third-order valence-electron chi connectivity index (χ3n) is 4.19. The average Bonchev–Trinajstić information content (AvgIpc) is 2.42. The lowest BCUT2D eigenvalue weighted by atomic mass is 9.76. The lowest BCUT2D eigenvalue weighted by Gasteiger charge is -2.50. The highest BCUT2D eigenvalue weighted by molar-refractivity contribution is 9.09. The molecule has 0 aromatic heterocycles. The van der Waals surface area contributed by atoms with Crippen LogP contribution in [0.3, 0.4) is 0 Å². The smallest absolute Gasteiger partial charge is 0.311 e. The van der Waals surface area contributed by atoms with Gasteiger partial charge in [0, 0.05) is 4.83 Å². The van der Waals surface area contributed by atoms with Crippen LogP contribution in [-0.4, -0.2) is 23.5 Å². The van der Waals surface area contributed by atoms with Gasteiger partial charge in [0.05, 0.1) is 18.6 Å². The number of esters is 1. The van der Waals surface area contributed by atoms with E-state index in [0.717, 1.165) is 5.56 Å². The highest BCUT2D eigenvalue weighted by atomic mass is 79.9. The molecule has 1 aromatic rings. The highest BCUT2D eigenvalue weighted by Crippen LogP contribution is 2.48. The molecule has 1 heterocycles. The van der Waals surface area contributed by atoms with E-state index in [9.17, 15) is 4.79 Å². The predicted molar refractivity (Wildman–Crippen MR) is 81.8 cm³/mol. The molecule has 3 nitrogen and oxygen atoms in total. The van der Waals surface area contributed by atoms with Gasteiger partial charge in [0.25, 0.3) is 0 Å². The number of benzene rings is 1. The quantitative estimate of drug-likeness (QED) is 0.608. The van der Waals surface area contributed by atoms with Crippen molar-refractivity contribution in [1.29, 1.82) is 0 Å². The van der Waals surface area contributed by atoms with Gasteiger partial charge in [0.2, 0.25) is 0 Å². The van der Waals surface area contributed by atoms with Gasteiger partial charge >= 0.3 is 5.97 Å². The Morgan fingerprint density at radius 1 is 1.30 bits per heavy atom. The number of rotatable bonds is 2. The van der Waals surface area contributed by atoms with Crippen LogP contribution < -0.4 is 0 Å². The molecule has 1 aliphatic heterocycles. The fraction of sp³-hybridized carbons (Fsp3) is 0.562. The summed E-state index contributed by atoms with van der Waals surface area (Å²) in [5.41, 5.74) is 0.0790. The minimum absolute atomic E-state index is 0.0505. The summed E-state index contributed by atoms with van der Waals surface area (Å²) < 4.78 is 11.3. The molecule has 110 valence electrons. The largest absolute Gasteiger partial charge is 0.469 e. The van der Waals surface area contributed by atoms with Crippen LogP contribution in [0.15, 0.2) is 30.3 Å². The first-order valence-electron chi connectivity index (χ1n) is 6.79. The summed E-state index contributed by atoms with van der Waals surface area (Å²) in [6, 6.07) is 10.1. The Hall–Kier alpha value is -0.870. The standard InChI is InChI=1S/C16H21BrO3/c1-15(2)12(14(18)19-4)10-13(17)16(3,20-15)11-8-6-5-7-9-11/h5-9,12-13H,10H2,1-4H3/t12-,13-,16+/m0/s1. The van der Waals surface area contributed by atoms with E-state index in [1.54, 1.807) is 0 Å². The first-order chi connectivity index (χ1) is 9.31. The zero-order chi connectivity index (χ0) is 15.0. The van der Waals surface area contributed by atoms with Gasteiger partial charge in [0.15, 0.2) is 0 Å².